The van der Waals surface area contributed by atoms with Crippen LogP contribution in [0.1, 0.15) is 63.5 Å². The lowest BCUT2D eigenvalue weighted by atomic mass is 9.94. The maximum absolute atomic E-state index is 13.2. The molecule has 0 bridgehead atoms. The Labute approximate surface area is 205 Å². The van der Waals surface area contributed by atoms with Gasteiger partial charge in [-0.25, -0.2) is 18.1 Å². The van der Waals surface area contributed by atoms with Crippen LogP contribution in [0.15, 0.2) is 23.1 Å². The molecule has 10 heteroatoms. The molecule has 2 atom stereocenters. The highest BCUT2D eigenvalue weighted by Crippen LogP contribution is 2.37. The van der Waals surface area contributed by atoms with Gasteiger partial charge in [0.1, 0.15) is 10.6 Å². The highest BCUT2D eigenvalue weighted by Gasteiger charge is 2.28. The standard InChI is InChI=1S/C24H33N3O5S2/c1-15-23(33-24(25-15)26-22(29)12-16-6-3-4-7-16)17-10-11-20(32-2)21(13-17)34(30,31)27-18-8-5-9-19(28)14-18/h10-11,13,16,18-19,27-28H,3-9,12,14H2,1-2H3,(H,25,26,29)/t18-,19+/m0/s1. The quantitative estimate of drug-likeness (QED) is 0.492. The molecule has 3 N–H and O–H groups in total. The van der Waals surface area contributed by atoms with Gasteiger partial charge in [-0.05, 0) is 75.1 Å². The van der Waals surface area contributed by atoms with Gasteiger partial charge in [0.05, 0.1) is 23.8 Å². The first kappa shape index (κ1) is 25.1. The third kappa shape index (κ3) is 5.97. The van der Waals surface area contributed by atoms with E-state index in [1.165, 1.54) is 31.3 Å². The third-order valence-corrected chi connectivity index (χ3v) is 9.34. The van der Waals surface area contributed by atoms with E-state index in [1.54, 1.807) is 18.2 Å². The maximum Gasteiger partial charge on any atom is 0.244 e. The van der Waals surface area contributed by atoms with E-state index in [0.29, 0.717) is 42.3 Å². The normalized spacial score (nSPS) is 21.5. The van der Waals surface area contributed by atoms with Crippen LogP contribution in [-0.2, 0) is 14.8 Å². The Balaban J connectivity index is 1.54. The number of aromatic nitrogens is 1. The highest BCUT2D eigenvalue weighted by molar-refractivity contribution is 7.89. The number of benzene rings is 1. The zero-order valence-electron chi connectivity index (χ0n) is 19.7. The first-order valence-corrected chi connectivity index (χ1v) is 14.2. The number of rotatable bonds is 8. The number of sulfonamides is 1. The number of thiazole rings is 1. The molecule has 34 heavy (non-hydrogen) atoms. The lowest BCUT2D eigenvalue weighted by Gasteiger charge is -2.26. The molecule has 0 unspecified atom stereocenters. The van der Waals surface area contributed by atoms with Crippen molar-refractivity contribution in [3.05, 3.63) is 23.9 Å². The Morgan fingerprint density at radius 3 is 2.68 bits per heavy atom. The molecule has 8 nitrogen and oxygen atoms in total. The monoisotopic (exact) mass is 507 g/mol. The number of aryl methyl sites for hydroxylation is 1. The van der Waals surface area contributed by atoms with Gasteiger partial charge in [-0.15, -0.1) is 0 Å². The summed E-state index contributed by atoms with van der Waals surface area (Å²) in [4.78, 5) is 17.8. The SMILES string of the molecule is COc1ccc(-c2sc(NC(=O)CC3CCCC3)nc2C)cc1S(=O)(=O)N[C@H]1CCC[C@@H](O)C1. The largest absolute Gasteiger partial charge is 0.495 e. The van der Waals surface area contributed by atoms with E-state index in [0.717, 1.165) is 29.8 Å². The molecule has 1 aromatic heterocycles. The zero-order valence-corrected chi connectivity index (χ0v) is 21.3. The molecular formula is C24H33N3O5S2. The minimum absolute atomic E-state index is 0.0240. The predicted molar refractivity (Wildman–Crippen MR) is 133 cm³/mol. The summed E-state index contributed by atoms with van der Waals surface area (Å²) in [5.41, 5.74) is 1.41. The summed E-state index contributed by atoms with van der Waals surface area (Å²) in [5.74, 6) is 0.677. The Bertz CT molecular complexity index is 1130. The number of aliphatic hydroxyl groups excluding tert-OH is 1. The average Bonchev–Trinajstić information content (AvgIpc) is 3.42. The first-order chi connectivity index (χ1) is 16.2. The lowest BCUT2D eigenvalue weighted by molar-refractivity contribution is -0.117. The van der Waals surface area contributed by atoms with Gasteiger partial charge in [-0.1, -0.05) is 24.2 Å². The fourth-order valence-corrected chi connectivity index (χ4v) is 7.40. The van der Waals surface area contributed by atoms with E-state index >= 15 is 0 Å². The van der Waals surface area contributed by atoms with Crippen LogP contribution in [-0.4, -0.2) is 43.7 Å². The molecule has 0 aliphatic heterocycles. The number of anilines is 1. The Morgan fingerprint density at radius 1 is 1.21 bits per heavy atom. The molecule has 1 amide bonds. The Morgan fingerprint density at radius 2 is 1.97 bits per heavy atom. The molecule has 2 aromatic rings. The summed E-state index contributed by atoms with van der Waals surface area (Å²) < 4.78 is 34.5. The van der Waals surface area contributed by atoms with E-state index in [2.05, 4.69) is 15.0 Å². The van der Waals surface area contributed by atoms with Gasteiger partial charge in [-0.3, -0.25) is 4.79 Å². The zero-order chi connectivity index (χ0) is 24.3. The van der Waals surface area contributed by atoms with Crippen molar-refractivity contribution in [2.45, 2.75) is 81.8 Å². The molecule has 186 valence electrons. The number of carbonyl (C=O) groups excluding carboxylic acids is 1. The summed E-state index contributed by atoms with van der Waals surface area (Å²) in [6, 6.07) is 4.71. The van der Waals surface area contributed by atoms with E-state index in [-0.39, 0.29) is 22.6 Å². The Hall–Kier alpha value is -2.01. The minimum Gasteiger partial charge on any atom is -0.495 e. The number of amides is 1. The van der Waals surface area contributed by atoms with Gasteiger partial charge in [-0.2, -0.15) is 0 Å². The molecule has 1 aromatic carbocycles. The number of carbonyl (C=O) groups is 1. The number of methoxy groups -OCH3 is 1. The van der Waals surface area contributed by atoms with Crippen molar-refractivity contribution in [3.63, 3.8) is 0 Å². The van der Waals surface area contributed by atoms with Crippen molar-refractivity contribution in [1.29, 1.82) is 0 Å². The first-order valence-electron chi connectivity index (χ1n) is 11.9. The number of aliphatic hydroxyl groups is 1. The Kier molecular flexibility index (Phi) is 7.91. The van der Waals surface area contributed by atoms with Gasteiger partial charge in [0.25, 0.3) is 0 Å². The molecule has 2 saturated carbocycles. The fraction of sp³-hybridized carbons (Fsp3) is 0.583. The summed E-state index contributed by atoms with van der Waals surface area (Å²) >= 11 is 1.34. The molecule has 4 rings (SSSR count). The van der Waals surface area contributed by atoms with Crippen LogP contribution in [0.25, 0.3) is 10.4 Å². The van der Waals surface area contributed by atoms with Crippen LogP contribution < -0.4 is 14.8 Å². The number of nitrogens with one attached hydrogen (secondary N) is 2. The van der Waals surface area contributed by atoms with Crippen molar-refractivity contribution in [3.8, 4) is 16.2 Å². The molecule has 0 spiro atoms. The number of hydrogen-bond donors (Lipinski definition) is 3. The van der Waals surface area contributed by atoms with E-state index in [4.69, 9.17) is 4.74 Å². The van der Waals surface area contributed by atoms with Crippen LogP contribution in [0.3, 0.4) is 0 Å². The summed E-state index contributed by atoms with van der Waals surface area (Å²) in [6.07, 6.45) is 7.18. The second kappa shape index (κ2) is 10.7. The summed E-state index contributed by atoms with van der Waals surface area (Å²) in [7, 11) is -2.43. The van der Waals surface area contributed by atoms with Crippen LogP contribution in [0.4, 0.5) is 5.13 Å². The van der Waals surface area contributed by atoms with Crippen molar-refractivity contribution in [2.75, 3.05) is 12.4 Å². The van der Waals surface area contributed by atoms with Crippen LogP contribution in [0.2, 0.25) is 0 Å². The molecule has 2 fully saturated rings. The van der Waals surface area contributed by atoms with Crippen molar-refractivity contribution >= 4 is 32.4 Å². The van der Waals surface area contributed by atoms with Crippen molar-refractivity contribution < 1.29 is 23.1 Å². The highest BCUT2D eigenvalue weighted by atomic mass is 32.2. The molecule has 1 heterocycles. The molecule has 0 radical (unpaired) electrons. The van der Waals surface area contributed by atoms with E-state index in [9.17, 15) is 18.3 Å². The van der Waals surface area contributed by atoms with Gasteiger partial charge in [0, 0.05) is 12.5 Å². The fourth-order valence-electron chi connectivity index (χ4n) is 4.95. The maximum atomic E-state index is 13.2. The minimum atomic E-state index is -3.87. The summed E-state index contributed by atoms with van der Waals surface area (Å²) in [6.45, 7) is 1.85. The van der Waals surface area contributed by atoms with E-state index < -0.39 is 16.1 Å². The second-order valence-electron chi connectivity index (χ2n) is 9.34. The summed E-state index contributed by atoms with van der Waals surface area (Å²) in [5, 5.41) is 13.4. The van der Waals surface area contributed by atoms with Gasteiger partial charge < -0.3 is 15.2 Å². The van der Waals surface area contributed by atoms with Crippen molar-refractivity contribution in [2.24, 2.45) is 5.92 Å². The molecule has 2 aliphatic carbocycles. The smallest absolute Gasteiger partial charge is 0.244 e. The van der Waals surface area contributed by atoms with Crippen LogP contribution >= 0.6 is 11.3 Å². The van der Waals surface area contributed by atoms with E-state index in [1.807, 2.05) is 6.92 Å². The van der Waals surface area contributed by atoms with Crippen LogP contribution in [0.5, 0.6) is 5.75 Å². The average molecular weight is 508 g/mol. The number of hydrogen-bond acceptors (Lipinski definition) is 7. The molecule has 0 saturated heterocycles. The van der Waals surface area contributed by atoms with Gasteiger partial charge >= 0.3 is 0 Å². The topological polar surface area (TPSA) is 118 Å². The lowest BCUT2D eigenvalue weighted by Crippen LogP contribution is -2.39. The second-order valence-corrected chi connectivity index (χ2v) is 12.0. The molecule has 2 aliphatic rings. The van der Waals surface area contributed by atoms with Crippen molar-refractivity contribution in [1.82, 2.24) is 9.71 Å². The van der Waals surface area contributed by atoms with Crippen LogP contribution in [0, 0.1) is 12.8 Å². The number of ether oxygens (including phenoxy) is 1. The third-order valence-electron chi connectivity index (χ3n) is 6.68. The van der Waals surface area contributed by atoms with Gasteiger partial charge in [0.2, 0.25) is 15.9 Å². The molecular weight excluding hydrogens is 474 g/mol. The van der Waals surface area contributed by atoms with Gasteiger partial charge in [0.15, 0.2) is 5.13 Å². The number of nitrogens with zero attached hydrogens (tertiary/aromatic N) is 1. The predicted octanol–water partition coefficient (Wildman–Crippen LogP) is 4.23.